The summed E-state index contributed by atoms with van der Waals surface area (Å²) in [7, 11) is -1.64. The van der Waals surface area contributed by atoms with Gasteiger partial charge in [0.2, 0.25) is 10.0 Å². The third-order valence-electron chi connectivity index (χ3n) is 5.34. The van der Waals surface area contributed by atoms with Crippen molar-refractivity contribution < 1.29 is 18.1 Å². The third kappa shape index (κ3) is 4.92. The summed E-state index contributed by atoms with van der Waals surface area (Å²) in [5.74, 6) is -0.492. The first kappa shape index (κ1) is 22.6. The number of benzene rings is 2. The van der Waals surface area contributed by atoms with Crippen molar-refractivity contribution in [2.75, 3.05) is 38.5 Å². The highest BCUT2D eigenvalue weighted by Crippen LogP contribution is 2.20. The quantitative estimate of drug-likeness (QED) is 0.430. The Hall–Kier alpha value is -3.61. The minimum atomic E-state index is -3.59. The Morgan fingerprint density at radius 2 is 1.76 bits per heavy atom. The van der Waals surface area contributed by atoms with Gasteiger partial charge in [-0.15, -0.1) is 0 Å². The molecule has 11 nitrogen and oxygen atoms in total. The van der Waals surface area contributed by atoms with Crippen LogP contribution in [-0.4, -0.2) is 71.5 Å². The van der Waals surface area contributed by atoms with Crippen molar-refractivity contribution in [2.45, 2.75) is 4.90 Å². The molecule has 172 valence electrons. The van der Waals surface area contributed by atoms with Crippen LogP contribution in [-0.2, 0) is 10.0 Å². The number of nitrogens with one attached hydrogen (secondary N) is 1. The van der Waals surface area contributed by atoms with E-state index in [-0.39, 0.29) is 16.3 Å². The number of rotatable bonds is 6. The highest BCUT2D eigenvalue weighted by molar-refractivity contribution is 7.89. The van der Waals surface area contributed by atoms with Gasteiger partial charge in [-0.25, -0.2) is 13.1 Å². The molecule has 0 atom stereocenters. The van der Waals surface area contributed by atoms with Gasteiger partial charge in [0.25, 0.3) is 11.6 Å². The molecule has 2 heterocycles. The minimum Gasteiger partial charge on any atom is -0.321 e. The lowest BCUT2D eigenvalue weighted by Gasteiger charge is -2.31. The molecule has 1 saturated heterocycles. The Bertz CT molecular complexity index is 1280. The lowest BCUT2D eigenvalue weighted by molar-refractivity contribution is -0.384. The topological polar surface area (TPSA) is 131 Å². The number of hydrogen-bond donors (Lipinski definition) is 1. The number of non-ortho nitro benzene ring substituents is 1. The van der Waals surface area contributed by atoms with E-state index in [1.54, 1.807) is 6.07 Å². The summed E-state index contributed by atoms with van der Waals surface area (Å²) >= 11 is 0. The van der Waals surface area contributed by atoms with Crippen LogP contribution in [0, 0.1) is 10.1 Å². The molecule has 33 heavy (non-hydrogen) atoms. The molecule has 0 saturated carbocycles. The number of piperazine rings is 1. The molecule has 1 aromatic heterocycles. The van der Waals surface area contributed by atoms with E-state index in [1.807, 2.05) is 7.05 Å². The van der Waals surface area contributed by atoms with Crippen LogP contribution in [0.5, 0.6) is 0 Å². The first-order chi connectivity index (χ1) is 15.7. The number of likely N-dealkylation sites (N-methyl/N-ethyl adjacent to an activating group) is 1. The minimum absolute atomic E-state index is 0.0828. The molecule has 1 N–H and O–H groups in total. The van der Waals surface area contributed by atoms with Gasteiger partial charge in [-0.2, -0.15) is 9.40 Å². The molecule has 2 aromatic carbocycles. The summed E-state index contributed by atoms with van der Waals surface area (Å²) in [5, 5.41) is 17.8. The fourth-order valence-corrected chi connectivity index (χ4v) is 4.84. The van der Waals surface area contributed by atoms with E-state index < -0.39 is 20.9 Å². The van der Waals surface area contributed by atoms with Crippen LogP contribution < -0.4 is 5.32 Å². The van der Waals surface area contributed by atoms with Crippen LogP contribution in [0.25, 0.3) is 5.69 Å². The van der Waals surface area contributed by atoms with Gasteiger partial charge < -0.3 is 10.2 Å². The Morgan fingerprint density at radius 1 is 1.06 bits per heavy atom. The van der Waals surface area contributed by atoms with Crippen molar-refractivity contribution in [3.8, 4) is 5.69 Å². The maximum absolute atomic E-state index is 12.8. The number of anilines is 1. The van der Waals surface area contributed by atoms with Crippen LogP contribution in [0.3, 0.4) is 0 Å². The normalized spacial score (nSPS) is 15.3. The van der Waals surface area contributed by atoms with E-state index in [1.165, 1.54) is 63.7 Å². The lowest BCUT2D eigenvalue weighted by atomic mass is 10.3. The predicted octanol–water partition coefficient (Wildman–Crippen LogP) is 1.97. The van der Waals surface area contributed by atoms with Crippen molar-refractivity contribution in [2.24, 2.45) is 0 Å². The molecule has 0 aliphatic carbocycles. The molecule has 1 amide bonds. The number of nitro benzene ring substituents is 1. The fraction of sp³-hybridized carbons (Fsp3) is 0.238. The molecule has 0 radical (unpaired) electrons. The number of aromatic nitrogens is 2. The van der Waals surface area contributed by atoms with E-state index in [4.69, 9.17) is 0 Å². The standard InChI is InChI=1S/C21H22N6O5S/c1-24-11-13-25(14-12-24)33(31,32)19-7-5-16(6-8-19)22-21(28)20-9-10-26(23-20)17-3-2-4-18(15-17)27(29)30/h2-10,15H,11-14H2,1H3,(H,22,28). The molecular formula is C21H22N6O5S. The number of hydrogen-bond acceptors (Lipinski definition) is 7. The van der Waals surface area contributed by atoms with Crippen molar-refractivity contribution in [3.05, 3.63) is 76.6 Å². The highest BCUT2D eigenvalue weighted by atomic mass is 32.2. The fourth-order valence-electron chi connectivity index (χ4n) is 3.42. The molecule has 4 rings (SSSR count). The van der Waals surface area contributed by atoms with E-state index in [0.717, 1.165) is 0 Å². The first-order valence-corrected chi connectivity index (χ1v) is 11.6. The molecule has 0 unspecified atom stereocenters. The zero-order valence-electron chi connectivity index (χ0n) is 17.8. The summed E-state index contributed by atoms with van der Waals surface area (Å²) < 4.78 is 28.5. The van der Waals surface area contributed by atoms with Crippen molar-refractivity contribution in [3.63, 3.8) is 0 Å². The van der Waals surface area contributed by atoms with Gasteiger partial charge >= 0.3 is 0 Å². The molecule has 0 spiro atoms. The second-order valence-electron chi connectivity index (χ2n) is 7.61. The Kier molecular flexibility index (Phi) is 6.22. The van der Waals surface area contributed by atoms with Gasteiger partial charge in [0.15, 0.2) is 5.69 Å². The Balaban J connectivity index is 1.44. The largest absolute Gasteiger partial charge is 0.321 e. The van der Waals surface area contributed by atoms with E-state index in [9.17, 15) is 23.3 Å². The van der Waals surface area contributed by atoms with E-state index >= 15 is 0 Å². The molecule has 1 aliphatic rings. The Morgan fingerprint density at radius 3 is 2.42 bits per heavy atom. The first-order valence-electron chi connectivity index (χ1n) is 10.1. The average Bonchev–Trinajstić information content (AvgIpc) is 3.30. The maximum Gasteiger partial charge on any atom is 0.276 e. The third-order valence-corrected chi connectivity index (χ3v) is 7.25. The second kappa shape index (κ2) is 9.10. The molecule has 1 aliphatic heterocycles. The highest BCUT2D eigenvalue weighted by Gasteiger charge is 2.27. The number of carbonyl (C=O) groups is 1. The number of nitrogens with zero attached hydrogens (tertiary/aromatic N) is 5. The number of sulfonamides is 1. The summed E-state index contributed by atoms with van der Waals surface area (Å²) in [6, 6.07) is 13.4. The van der Waals surface area contributed by atoms with Crippen molar-refractivity contribution in [1.82, 2.24) is 19.0 Å². The van der Waals surface area contributed by atoms with Crippen molar-refractivity contribution in [1.29, 1.82) is 0 Å². The second-order valence-corrected chi connectivity index (χ2v) is 9.55. The summed E-state index contributed by atoms with van der Waals surface area (Å²) in [4.78, 5) is 25.3. The van der Waals surface area contributed by atoms with Crippen LogP contribution in [0.2, 0.25) is 0 Å². The number of carbonyl (C=O) groups excluding carboxylic acids is 1. The zero-order chi connectivity index (χ0) is 23.6. The summed E-state index contributed by atoms with van der Waals surface area (Å²) in [6.45, 7) is 2.22. The maximum atomic E-state index is 12.8. The van der Waals surface area contributed by atoms with Crippen LogP contribution in [0.15, 0.2) is 65.7 Å². The molecule has 12 heteroatoms. The number of nitro groups is 1. The SMILES string of the molecule is CN1CCN(S(=O)(=O)c2ccc(NC(=O)c3ccn(-c4cccc([N+](=O)[O-])c4)n3)cc2)CC1. The monoisotopic (exact) mass is 470 g/mol. The summed E-state index contributed by atoms with van der Waals surface area (Å²) in [6.07, 6.45) is 1.53. The van der Waals surface area contributed by atoms with Gasteiger partial charge in [-0.3, -0.25) is 14.9 Å². The van der Waals surface area contributed by atoms with E-state index in [2.05, 4.69) is 15.3 Å². The Labute approximate surface area is 190 Å². The van der Waals surface area contributed by atoms with Crippen LogP contribution in [0.4, 0.5) is 11.4 Å². The zero-order valence-corrected chi connectivity index (χ0v) is 18.6. The van der Waals surface area contributed by atoms with Gasteiger partial charge in [0.1, 0.15) is 0 Å². The average molecular weight is 471 g/mol. The van der Waals surface area contributed by atoms with Crippen LogP contribution in [0.1, 0.15) is 10.5 Å². The smallest absolute Gasteiger partial charge is 0.276 e. The van der Waals surface area contributed by atoms with Gasteiger partial charge in [0, 0.05) is 50.2 Å². The van der Waals surface area contributed by atoms with E-state index in [0.29, 0.717) is 37.6 Å². The van der Waals surface area contributed by atoms with Crippen LogP contribution >= 0.6 is 0 Å². The van der Waals surface area contributed by atoms with Gasteiger partial charge in [0.05, 0.1) is 15.5 Å². The molecule has 3 aromatic rings. The van der Waals surface area contributed by atoms with Crippen molar-refractivity contribution >= 4 is 27.3 Å². The molecular weight excluding hydrogens is 448 g/mol. The molecule has 0 bridgehead atoms. The summed E-state index contributed by atoms with van der Waals surface area (Å²) in [5.41, 5.74) is 0.889. The number of amides is 1. The van der Waals surface area contributed by atoms with Gasteiger partial charge in [-0.05, 0) is 43.4 Å². The van der Waals surface area contributed by atoms with Gasteiger partial charge in [-0.1, -0.05) is 6.07 Å². The lowest BCUT2D eigenvalue weighted by Crippen LogP contribution is -2.46. The molecule has 1 fully saturated rings. The predicted molar refractivity (Wildman–Crippen MR) is 121 cm³/mol.